The van der Waals surface area contributed by atoms with Gasteiger partial charge in [0, 0.05) is 12.7 Å². The van der Waals surface area contributed by atoms with Crippen LogP contribution in [0.2, 0.25) is 0 Å². The number of ether oxygens (including phenoxy) is 1. The summed E-state index contributed by atoms with van der Waals surface area (Å²) >= 11 is 0. The van der Waals surface area contributed by atoms with Crippen molar-refractivity contribution in [3.63, 3.8) is 0 Å². The van der Waals surface area contributed by atoms with E-state index in [4.69, 9.17) is 4.74 Å². The Morgan fingerprint density at radius 2 is 1.91 bits per heavy atom. The maximum atomic E-state index is 14.0. The largest absolute Gasteiger partial charge is 0.477 e. The van der Waals surface area contributed by atoms with Gasteiger partial charge in [-0.25, -0.2) is 17.8 Å². The van der Waals surface area contributed by atoms with E-state index in [-0.39, 0.29) is 29.6 Å². The summed E-state index contributed by atoms with van der Waals surface area (Å²) in [5.74, 6) is -0.588. The molecule has 0 unspecified atom stereocenters. The predicted octanol–water partition coefficient (Wildman–Crippen LogP) is 2.83. The molecule has 2 aromatic rings. The third-order valence-electron chi connectivity index (χ3n) is 2.99. The highest BCUT2D eigenvalue weighted by Gasteiger charge is 2.29. The van der Waals surface area contributed by atoms with Gasteiger partial charge in [-0.05, 0) is 38.1 Å². The second-order valence-corrected chi connectivity index (χ2v) is 6.19. The molecule has 0 spiro atoms. The maximum absolute atomic E-state index is 14.0. The number of aromatic nitrogens is 1. The molecule has 5 nitrogen and oxygen atoms in total. The molecule has 0 amide bonds. The summed E-state index contributed by atoms with van der Waals surface area (Å²) in [6.07, 6.45) is 1.45. The van der Waals surface area contributed by atoms with Crippen molar-refractivity contribution < 1.29 is 17.5 Å². The van der Waals surface area contributed by atoms with E-state index < -0.39 is 15.8 Å². The quantitative estimate of drug-likeness (QED) is 0.820. The van der Waals surface area contributed by atoms with Crippen LogP contribution in [0.1, 0.15) is 13.8 Å². The zero-order valence-electron chi connectivity index (χ0n) is 12.4. The first-order valence-electron chi connectivity index (χ1n) is 6.87. The van der Waals surface area contributed by atoms with Crippen LogP contribution in [0.15, 0.2) is 47.5 Å². The van der Waals surface area contributed by atoms with E-state index in [1.807, 2.05) is 0 Å². The van der Waals surface area contributed by atoms with Crippen LogP contribution in [0.25, 0.3) is 0 Å². The Morgan fingerprint density at radius 1 is 1.18 bits per heavy atom. The highest BCUT2D eigenvalue weighted by molar-refractivity contribution is 7.93. The van der Waals surface area contributed by atoms with Gasteiger partial charge < -0.3 is 4.74 Å². The number of sulfonamides is 1. The van der Waals surface area contributed by atoms with Crippen molar-refractivity contribution in [3.05, 3.63) is 48.4 Å². The van der Waals surface area contributed by atoms with Crippen molar-refractivity contribution in [1.82, 2.24) is 4.98 Å². The number of rotatable bonds is 6. The summed E-state index contributed by atoms with van der Waals surface area (Å²) < 4.78 is 45.9. The summed E-state index contributed by atoms with van der Waals surface area (Å²) in [6.45, 7) is 3.75. The summed E-state index contributed by atoms with van der Waals surface area (Å²) in [7, 11) is -3.97. The van der Waals surface area contributed by atoms with Crippen LogP contribution < -0.4 is 9.04 Å². The molecule has 0 atom stereocenters. The molecular weight excluding hydrogens is 307 g/mol. The van der Waals surface area contributed by atoms with Crippen LogP contribution in [0, 0.1) is 5.82 Å². The first-order chi connectivity index (χ1) is 10.5. The lowest BCUT2D eigenvalue weighted by atomic mass is 10.3. The zero-order valence-corrected chi connectivity index (χ0v) is 13.2. The summed E-state index contributed by atoms with van der Waals surface area (Å²) in [4.78, 5) is 3.86. The van der Waals surface area contributed by atoms with Crippen LogP contribution >= 0.6 is 0 Å². The minimum atomic E-state index is -3.97. The first-order valence-corrected chi connectivity index (χ1v) is 8.31. The van der Waals surface area contributed by atoms with Gasteiger partial charge in [-0.3, -0.25) is 4.31 Å². The molecule has 1 heterocycles. The third-order valence-corrected chi connectivity index (χ3v) is 4.90. The van der Waals surface area contributed by atoms with E-state index in [1.54, 1.807) is 19.9 Å². The number of anilines is 1. The molecule has 0 saturated heterocycles. The minimum absolute atomic E-state index is 0.00342. The van der Waals surface area contributed by atoms with Crippen molar-refractivity contribution in [1.29, 1.82) is 0 Å². The fourth-order valence-electron chi connectivity index (χ4n) is 2.06. The van der Waals surface area contributed by atoms with Crippen LogP contribution in [-0.2, 0) is 10.0 Å². The number of benzene rings is 1. The van der Waals surface area contributed by atoms with E-state index >= 15 is 0 Å². The molecule has 0 saturated carbocycles. The monoisotopic (exact) mass is 324 g/mol. The van der Waals surface area contributed by atoms with Gasteiger partial charge in [-0.1, -0.05) is 12.1 Å². The van der Waals surface area contributed by atoms with E-state index in [1.165, 1.54) is 36.5 Å². The van der Waals surface area contributed by atoms with Crippen molar-refractivity contribution in [3.8, 4) is 5.88 Å². The molecular formula is C15H17FN2O3S. The Labute approximate surface area is 129 Å². The molecule has 0 aliphatic carbocycles. The van der Waals surface area contributed by atoms with Gasteiger partial charge in [0.1, 0.15) is 10.7 Å². The SMILES string of the molecule is CCOc1ncccc1S(=O)(=O)N(CC)c1ccccc1F. The van der Waals surface area contributed by atoms with E-state index in [0.717, 1.165) is 4.31 Å². The normalized spacial score (nSPS) is 11.2. The van der Waals surface area contributed by atoms with Crippen LogP contribution in [-0.4, -0.2) is 26.6 Å². The number of hydrogen-bond donors (Lipinski definition) is 0. The van der Waals surface area contributed by atoms with Crippen LogP contribution in [0.5, 0.6) is 5.88 Å². The van der Waals surface area contributed by atoms with Gasteiger partial charge in [-0.2, -0.15) is 0 Å². The third kappa shape index (κ3) is 3.04. The number of nitrogens with zero attached hydrogens (tertiary/aromatic N) is 2. The molecule has 0 aliphatic rings. The van der Waals surface area contributed by atoms with Gasteiger partial charge in [0.2, 0.25) is 5.88 Å². The second-order valence-electron chi connectivity index (χ2n) is 4.36. The lowest BCUT2D eigenvalue weighted by Gasteiger charge is -2.24. The molecule has 0 radical (unpaired) electrons. The second kappa shape index (κ2) is 6.74. The molecule has 0 aliphatic heterocycles. The van der Waals surface area contributed by atoms with Crippen molar-refractivity contribution in [2.75, 3.05) is 17.5 Å². The lowest BCUT2D eigenvalue weighted by Crippen LogP contribution is -2.32. The number of halogens is 1. The van der Waals surface area contributed by atoms with Gasteiger partial charge in [0.25, 0.3) is 10.0 Å². The molecule has 1 aromatic heterocycles. The van der Waals surface area contributed by atoms with Crippen LogP contribution in [0.3, 0.4) is 0 Å². The standard InChI is InChI=1S/C15H17FN2O3S/c1-3-18(13-9-6-5-8-12(13)16)22(19,20)14-10-7-11-17-15(14)21-4-2/h5-11H,3-4H2,1-2H3. The molecule has 7 heteroatoms. The summed E-state index contributed by atoms with van der Waals surface area (Å²) in [5.41, 5.74) is -0.00342. The first kappa shape index (κ1) is 16.2. The zero-order chi connectivity index (χ0) is 16.2. The summed E-state index contributed by atoms with van der Waals surface area (Å²) in [6, 6.07) is 8.65. The number of hydrogen-bond acceptors (Lipinski definition) is 4. The van der Waals surface area contributed by atoms with E-state index in [2.05, 4.69) is 4.98 Å². The lowest BCUT2D eigenvalue weighted by molar-refractivity contribution is 0.317. The van der Waals surface area contributed by atoms with Gasteiger partial charge in [0.05, 0.1) is 12.3 Å². The number of pyridine rings is 1. The fourth-order valence-corrected chi connectivity index (χ4v) is 3.63. The van der Waals surface area contributed by atoms with Crippen molar-refractivity contribution in [2.24, 2.45) is 0 Å². The average Bonchev–Trinajstić information content (AvgIpc) is 2.50. The highest BCUT2D eigenvalue weighted by Crippen LogP contribution is 2.29. The predicted molar refractivity (Wildman–Crippen MR) is 82.0 cm³/mol. The Kier molecular flexibility index (Phi) is 4.97. The maximum Gasteiger partial charge on any atom is 0.269 e. The van der Waals surface area contributed by atoms with E-state index in [0.29, 0.717) is 0 Å². The molecule has 0 bridgehead atoms. The van der Waals surface area contributed by atoms with Gasteiger partial charge >= 0.3 is 0 Å². The smallest absolute Gasteiger partial charge is 0.269 e. The Balaban J connectivity index is 2.55. The van der Waals surface area contributed by atoms with Crippen molar-refractivity contribution >= 4 is 15.7 Å². The Morgan fingerprint density at radius 3 is 2.55 bits per heavy atom. The molecule has 2 rings (SSSR count). The van der Waals surface area contributed by atoms with Crippen molar-refractivity contribution in [2.45, 2.75) is 18.7 Å². The molecule has 0 fully saturated rings. The molecule has 0 N–H and O–H groups in total. The van der Waals surface area contributed by atoms with Gasteiger partial charge in [0.15, 0.2) is 0 Å². The molecule has 22 heavy (non-hydrogen) atoms. The Hall–Kier alpha value is -2.15. The molecule has 118 valence electrons. The topological polar surface area (TPSA) is 59.5 Å². The van der Waals surface area contributed by atoms with Crippen LogP contribution in [0.4, 0.5) is 10.1 Å². The number of para-hydroxylation sites is 1. The molecule has 1 aromatic carbocycles. The summed E-state index contributed by atoms with van der Waals surface area (Å²) in [5, 5.41) is 0. The minimum Gasteiger partial charge on any atom is -0.477 e. The van der Waals surface area contributed by atoms with E-state index in [9.17, 15) is 12.8 Å². The highest BCUT2D eigenvalue weighted by atomic mass is 32.2. The average molecular weight is 324 g/mol. The fraction of sp³-hybridized carbons (Fsp3) is 0.267. The van der Waals surface area contributed by atoms with Gasteiger partial charge in [-0.15, -0.1) is 0 Å². The Bertz CT molecular complexity index is 750.